The fourth-order valence-electron chi connectivity index (χ4n) is 3.73. The lowest BCUT2D eigenvalue weighted by Crippen LogP contribution is -2.37. The van der Waals surface area contributed by atoms with E-state index in [1.165, 1.54) is 12.1 Å². The summed E-state index contributed by atoms with van der Waals surface area (Å²) in [5.74, 6) is 0.798. The molecule has 0 radical (unpaired) electrons. The first kappa shape index (κ1) is 24.6. The molecular formula is C25H26F3N5O2. The first-order chi connectivity index (χ1) is 16.9. The smallest absolute Gasteiger partial charge is 0.379 e. The molecule has 1 aliphatic heterocycles. The Morgan fingerprint density at radius 2 is 1.63 bits per heavy atom. The SMILES string of the molecule is O=C(Nc1ccc(-c2cnc(CCCN3CCOCC3)nc2)cc1)Nc1cccc(C(F)(F)F)c1. The minimum absolute atomic E-state index is 0.0520. The number of hydrogen-bond donors (Lipinski definition) is 2. The number of rotatable bonds is 7. The molecule has 7 nitrogen and oxygen atoms in total. The monoisotopic (exact) mass is 485 g/mol. The number of ether oxygens (including phenoxy) is 1. The summed E-state index contributed by atoms with van der Waals surface area (Å²) in [5.41, 5.74) is 1.45. The van der Waals surface area contributed by atoms with Gasteiger partial charge in [0.15, 0.2) is 0 Å². The van der Waals surface area contributed by atoms with Crippen LogP contribution in [0.2, 0.25) is 0 Å². The topological polar surface area (TPSA) is 79.4 Å². The van der Waals surface area contributed by atoms with E-state index in [1.807, 2.05) is 12.1 Å². The molecule has 0 bridgehead atoms. The van der Waals surface area contributed by atoms with Crippen LogP contribution in [0.1, 0.15) is 17.8 Å². The highest BCUT2D eigenvalue weighted by molar-refractivity contribution is 5.99. The van der Waals surface area contributed by atoms with Crippen molar-refractivity contribution in [1.82, 2.24) is 14.9 Å². The number of nitrogens with one attached hydrogen (secondary N) is 2. The molecule has 35 heavy (non-hydrogen) atoms. The molecule has 184 valence electrons. The van der Waals surface area contributed by atoms with E-state index in [0.717, 1.165) is 74.8 Å². The molecule has 2 amide bonds. The maximum absolute atomic E-state index is 12.8. The van der Waals surface area contributed by atoms with Crippen molar-refractivity contribution >= 4 is 17.4 Å². The van der Waals surface area contributed by atoms with Crippen LogP contribution in [-0.4, -0.2) is 53.7 Å². The molecule has 2 N–H and O–H groups in total. The molecule has 0 saturated carbocycles. The van der Waals surface area contributed by atoms with E-state index in [0.29, 0.717) is 5.69 Å². The second-order valence-electron chi connectivity index (χ2n) is 8.18. The van der Waals surface area contributed by atoms with Crippen LogP contribution in [0.25, 0.3) is 11.1 Å². The number of aromatic nitrogens is 2. The standard InChI is InChI=1S/C25H26F3N5O2/c26-25(27,28)20-3-1-4-22(15-20)32-24(34)31-21-8-6-18(7-9-21)19-16-29-23(30-17-19)5-2-10-33-11-13-35-14-12-33/h1,3-4,6-9,15-17H,2,5,10-14H2,(H2,31,32,34). The van der Waals surface area contributed by atoms with Crippen molar-refractivity contribution in [3.8, 4) is 11.1 Å². The van der Waals surface area contributed by atoms with Gasteiger partial charge in [-0.3, -0.25) is 4.90 Å². The number of anilines is 2. The van der Waals surface area contributed by atoms with Crippen molar-refractivity contribution in [2.75, 3.05) is 43.5 Å². The molecular weight excluding hydrogens is 459 g/mol. The number of hydrogen-bond acceptors (Lipinski definition) is 5. The van der Waals surface area contributed by atoms with Crippen LogP contribution in [-0.2, 0) is 17.3 Å². The van der Waals surface area contributed by atoms with Gasteiger partial charge in [-0.1, -0.05) is 18.2 Å². The van der Waals surface area contributed by atoms with Crippen LogP contribution in [0.5, 0.6) is 0 Å². The maximum Gasteiger partial charge on any atom is 0.416 e. The summed E-state index contributed by atoms with van der Waals surface area (Å²) in [5, 5.41) is 5.03. The maximum atomic E-state index is 12.8. The van der Waals surface area contributed by atoms with E-state index in [4.69, 9.17) is 4.74 Å². The van der Waals surface area contributed by atoms with E-state index in [1.54, 1.807) is 24.5 Å². The number of urea groups is 1. The van der Waals surface area contributed by atoms with Gasteiger partial charge in [0.1, 0.15) is 5.82 Å². The molecule has 0 unspecified atom stereocenters. The van der Waals surface area contributed by atoms with E-state index >= 15 is 0 Å². The molecule has 1 fully saturated rings. The highest BCUT2D eigenvalue weighted by Gasteiger charge is 2.30. The minimum Gasteiger partial charge on any atom is -0.379 e. The zero-order valence-corrected chi connectivity index (χ0v) is 19.0. The second-order valence-corrected chi connectivity index (χ2v) is 8.18. The van der Waals surface area contributed by atoms with Gasteiger partial charge < -0.3 is 15.4 Å². The third-order valence-corrected chi connectivity index (χ3v) is 5.61. The van der Waals surface area contributed by atoms with Gasteiger partial charge in [-0.2, -0.15) is 13.2 Å². The summed E-state index contributed by atoms with van der Waals surface area (Å²) >= 11 is 0. The molecule has 0 spiro atoms. The van der Waals surface area contributed by atoms with Gasteiger partial charge in [-0.25, -0.2) is 14.8 Å². The molecule has 0 atom stereocenters. The van der Waals surface area contributed by atoms with Gasteiger partial charge >= 0.3 is 12.2 Å². The van der Waals surface area contributed by atoms with Gasteiger partial charge in [-0.05, 0) is 48.9 Å². The van der Waals surface area contributed by atoms with Crippen molar-refractivity contribution in [3.05, 3.63) is 72.3 Å². The zero-order valence-electron chi connectivity index (χ0n) is 19.0. The summed E-state index contributed by atoms with van der Waals surface area (Å²) in [7, 11) is 0. The quantitative estimate of drug-likeness (QED) is 0.489. The van der Waals surface area contributed by atoms with Crippen LogP contribution in [0.4, 0.5) is 29.3 Å². The molecule has 1 saturated heterocycles. The van der Waals surface area contributed by atoms with Crippen LogP contribution < -0.4 is 10.6 Å². The molecule has 4 rings (SSSR count). The lowest BCUT2D eigenvalue weighted by Gasteiger charge is -2.26. The number of aryl methyl sites for hydroxylation is 1. The summed E-state index contributed by atoms with van der Waals surface area (Å²) in [6, 6.07) is 10.9. The molecule has 2 aromatic carbocycles. The average Bonchev–Trinajstić information content (AvgIpc) is 2.85. The third-order valence-electron chi connectivity index (χ3n) is 5.61. The Kier molecular flexibility index (Phi) is 7.94. The Hall–Kier alpha value is -3.50. The first-order valence-corrected chi connectivity index (χ1v) is 11.3. The number of carbonyl (C=O) groups excluding carboxylic acids is 1. The Morgan fingerprint density at radius 1 is 0.943 bits per heavy atom. The molecule has 2 heterocycles. The second kappa shape index (κ2) is 11.3. The number of morpholine rings is 1. The van der Waals surface area contributed by atoms with Crippen LogP contribution in [0.15, 0.2) is 60.9 Å². The Morgan fingerprint density at radius 3 is 2.31 bits per heavy atom. The Labute approximate surface area is 201 Å². The summed E-state index contributed by atoms with van der Waals surface area (Å²) in [4.78, 5) is 23.5. The largest absolute Gasteiger partial charge is 0.416 e. The number of nitrogens with zero attached hydrogens (tertiary/aromatic N) is 3. The Balaban J connectivity index is 1.28. The number of carbonyl (C=O) groups is 1. The fourth-order valence-corrected chi connectivity index (χ4v) is 3.73. The van der Waals surface area contributed by atoms with Crippen molar-refractivity contribution in [1.29, 1.82) is 0 Å². The van der Waals surface area contributed by atoms with E-state index < -0.39 is 17.8 Å². The first-order valence-electron chi connectivity index (χ1n) is 11.3. The third kappa shape index (κ3) is 7.24. The van der Waals surface area contributed by atoms with Gasteiger partial charge in [-0.15, -0.1) is 0 Å². The molecule has 1 aromatic heterocycles. The van der Waals surface area contributed by atoms with Gasteiger partial charge in [0.05, 0.1) is 18.8 Å². The van der Waals surface area contributed by atoms with Crippen molar-refractivity contribution in [3.63, 3.8) is 0 Å². The molecule has 3 aromatic rings. The van der Waals surface area contributed by atoms with Crippen molar-refractivity contribution in [2.24, 2.45) is 0 Å². The van der Waals surface area contributed by atoms with E-state index in [-0.39, 0.29) is 5.69 Å². The molecule has 1 aliphatic rings. The number of alkyl halides is 3. The highest BCUT2D eigenvalue weighted by Crippen LogP contribution is 2.30. The lowest BCUT2D eigenvalue weighted by atomic mass is 10.1. The van der Waals surface area contributed by atoms with Crippen LogP contribution in [0.3, 0.4) is 0 Å². The fraction of sp³-hybridized carbons (Fsp3) is 0.320. The van der Waals surface area contributed by atoms with Crippen LogP contribution >= 0.6 is 0 Å². The Bertz CT molecular complexity index is 1120. The zero-order chi connectivity index (χ0) is 24.7. The average molecular weight is 486 g/mol. The number of halogens is 3. The predicted octanol–water partition coefficient (Wildman–Crippen LogP) is 5.07. The highest BCUT2D eigenvalue weighted by atomic mass is 19.4. The summed E-state index contributed by atoms with van der Waals surface area (Å²) < 4.78 is 43.9. The lowest BCUT2D eigenvalue weighted by molar-refractivity contribution is -0.137. The van der Waals surface area contributed by atoms with Gasteiger partial charge in [0.25, 0.3) is 0 Å². The van der Waals surface area contributed by atoms with Crippen molar-refractivity contribution in [2.45, 2.75) is 19.0 Å². The van der Waals surface area contributed by atoms with Gasteiger partial charge in [0, 0.05) is 48.8 Å². The predicted molar refractivity (Wildman–Crippen MR) is 127 cm³/mol. The van der Waals surface area contributed by atoms with Gasteiger partial charge in [0.2, 0.25) is 0 Å². The van der Waals surface area contributed by atoms with E-state index in [2.05, 4.69) is 25.5 Å². The normalized spacial score (nSPS) is 14.5. The van der Waals surface area contributed by atoms with Crippen LogP contribution in [0, 0.1) is 0 Å². The van der Waals surface area contributed by atoms with Crippen molar-refractivity contribution < 1.29 is 22.7 Å². The molecule has 0 aliphatic carbocycles. The van der Waals surface area contributed by atoms with E-state index in [9.17, 15) is 18.0 Å². The number of benzene rings is 2. The number of amides is 2. The summed E-state index contributed by atoms with van der Waals surface area (Å²) in [6.07, 6.45) is 0.873. The molecule has 10 heteroatoms. The summed E-state index contributed by atoms with van der Waals surface area (Å²) in [6.45, 7) is 4.53. The minimum atomic E-state index is -4.48.